The van der Waals surface area contributed by atoms with E-state index in [9.17, 15) is 4.79 Å². The largest absolute Gasteiger partial charge is 0.369 e. The molecule has 0 saturated heterocycles. The molecule has 0 aliphatic heterocycles. The van der Waals surface area contributed by atoms with Gasteiger partial charge in [-0.05, 0) is 25.5 Å². The molecule has 0 fully saturated rings. The van der Waals surface area contributed by atoms with Crippen molar-refractivity contribution < 1.29 is 9.63 Å². The van der Waals surface area contributed by atoms with Crippen LogP contribution in [0.15, 0.2) is 23.8 Å². The Balaban J connectivity index is 3.36. The molecule has 0 aromatic carbocycles. The zero-order chi connectivity index (χ0) is 12.8. The molecule has 0 aliphatic rings. The van der Waals surface area contributed by atoms with E-state index in [2.05, 4.69) is 9.82 Å². The second-order valence-electron chi connectivity index (χ2n) is 3.39. The summed E-state index contributed by atoms with van der Waals surface area (Å²) in [7, 11) is 0. The third-order valence-corrected chi connectivity index (χ3v) is 2.28. The summed E-state index contributed by atoms with van der Waals surface area (Å²) in [5.74, 6) is 3.95. The van der Waals surface area contributed by atoms with Crippen molar-refractivity contribution in [2.75, 3.05) is 0 Å². The summed E-state index contributed by atoms with van der Waals surface area (Å²) in [4.78, 5) is 19.7. The van der Waals surface area contributed by atoms with Crippen molar-refractivity contribution in [2.24, 2.45) is 5.90 Å². The lowest BCUT2D eigenvalue weighted by Gasteiger charge is -2.07. The quantitative estimate of drug-likeness (QED) is 0.483. The molecule has 0 amide bonds. The first-order valence-electron chi connectivity index (χ1n) is 5.12. The van der Waals surface area contributed by atoms with E-state index in [0.717, 1.165) is 5.69 Å². The third kappa shape index (κ3) is 2.89. The van der Waals surface area contributed by atoms with Gasteiger partial charge in [-0.3, -0.25) is 4.98 Å². The maximum atomic E-state index is 11.3. The molecular weight excluding hydrogens is 218 g/mol. The number of hydrogen-bond donors (Lipinski definition) is 1. The first kappa shape index (κ1) is 12.9. The molecule has 0 unspecified atom stereocenters. The molecule has 0 radical (unpaired) electrons. The van der Waals surface area contributed by atoms with Crippen molar-refractivity contribution in [3.05, 3.63) is 35.2 Å². The molecule has 1 heterocycles. The number of nitrogens with two attached hydrogens (primary N) is 1. The SMILES string of the molecule is CC/C(=C(\C#N)C(=O)ON)c1cccc(C)n1. The first-order valence-corrected chi connectivity index (χ1v) is 5.12. The zero-order valence-corrected chi connectivity index (χ0v) is 9.73. The van der Waals surface area contributed by atoms with Crippen LogP contribution in [0.4, 0.5) is 0 Å². The summed E-state index contributed by atoms with van der Waals surface area (Å²) >= 11 is 0. The van der Waals surface area contributed by atoms with Gasteiger partial charge in [-0.15, -0.1) is 0 Å². The fourth-order valence-electron chi connectivity index (χ4n) is 1.49. The van der Waals surface area contributed by atoms with Gasteiger partial charge in [-0.1, -0.05) is 13.0 Å². The van der Waals surface area contributed by atoms with E-state index in [4.69, 9.17) is 11.2 Å². The molecule has 0 aliphatic carbocycles. The monoisotopic (exact) mass is 231 g/mol. The summed E-state index contributed by atoms with van der Waals surface area (Å²) in [5.41, 5.74) is 1.83. The lowest BCUT2D eigenvalue weighted by molar-refractivity contribution is -0.138. The molecule has 0 saturated carbocycles. The van der Waals surface area contributed by atoms with E-state index in [1.807, 2.05) is 26.0 Å². The number of nitrogens with zero attached hydrogens (tertiary/aromatic N) is 2. The number of carbonyl (C=O) groups excluding carboxylic acids is 1. The Kier molecular flexibility index (Phi) is 4.37. The van der Waals surface area contributed by atoms with Crippen LogP contribution in [-0.4, -0.2) is 11.0 Å². The average molecular weight is 231 g/mol. The van der Waals surface area contributed by atoms with E-state index in [-0.39, 0.29) is 5.57 Å². The standard InChI is InChI=1S/C12H13N3O2/c1-3-9(10(7-13)12(16)17-14)11-6-4-5-8(2)15-11/h4-6H,3,14H2,1-2H3/b10-9-. The molecule has 5 heteroatoms. The number of aromatic nitrogens is 1. The van der Waals surface area contributed by atoms with E-state index < -0.39 is 5.97 Å². The van der Waals surface area contributed by atoms with Gasteiger partial charge in [0.15, 0.2) is 0 Å². The van der Waals surface area contributed by atoms with E-state index in [1.165, 1.54) is 0 Å². The smallest absolute Gasteiger partial charge is 0.367 e. The number of nitriles is 1. The zero-order valence-electron chi connectivity index (χ0n) is 9.73. The number of hydrogen-bond acceptors (Lipinski definition) is 5. The molecule has 1 aromatic rings. The topological polar surface area (TPSA) is 89.0 Å². The van der Waals surface area contributed by atoms with Crippen LogP contribution in [0, 0.1) is 18.3 Å². The van der Waals surface area contributed by atoms with Gasteiger partial charge >= 0.3 is 5.97 Å². The van der Waals surface area contributed by atoms with Crippen LogP contribution in [0.2, 0.25) is 0 Å². The van der Waals surface area contributed by atoms with Crippen molar-refractivity contribution in [3.63, 3.8) is 0 Å². The van der Waals surface area contributed by atoms with Crippen LogP contribution in [-0.2, 0) is 9.63 Å². The summed E-state index contributed by atoms with van der Waals surface area (Å²) in [6.45, 7) is 3.67. The van der Waals surface area contributed by atoms with Gasteiger partial charge in [0, 0.05) is 11.3 Å². The Labute approximate surface area is 99.5 Å². The molecule has 0 spiro atoms. The highest BCUT2D eigenvalue weighted by Gasteiger charge is 2.17. The highest BCUT2D eigenvalue weighted by molar-refractivity contribution is 6.01. The first-order chi connectivity index (χ1) is 8.13. The lowest BCUT2D eigenvalue weighted by atomic mass is 10.0. The highest BCUT2D eigenvalue weighted by Crippen LogP contribution is 2.21. The van der Waals surface area contributed by atoms with Gasteiger partial charge in [0.2, 0.25) is 0 Å². The average Bonchev–Trinajstić information content (AvgIpc) is 2.34. The molecule has 0 atom stereocenters. The Hall–Kier alpha value is -2.19. The van der Waals surface area contributed by atoms with Crippen LogP contribution < -0.4 is 5.90 Å². The Bertz CT molecular complexity index is 501. The second-order valence-corrected chi connectivity index (χ2v) is 3.39. The molecule has 2 N–H and O–H groups in total. The van der Waals surface area contributed by atoms with E-state index in [1.54, 1.807) is 12.1 Å². The van der Waals surface area contributed by atoms with Gasteiger partial charge in [0.25, 0.3) is 0 Å². The van der Waals surface area contributed by atoms with Crippen LogP contribution >= 0.6 is 0 Å². The van der Waals surface area contributed by atoms with Gasteiger partial charge in [-0.25, -0.2) is 4.79 Å². The summed E-state index contributed by atoms with van der Waals surface area (Å²) in [6, 6.07) is 7.20. The molecule has 0 bridgehead atoms. The van der Waals surface area contributed by atoms with E-state index >= 15 is 0 Å². The fourth-order valence-corrected chi connectivity index (χ4v) is 1.49. The molecule has 1 aromatic heterocycles. The van der Waals surface area contributed by atoms with Crippen LogP contribution in [0.25, 0.3) is 5.57 Å². The van der Waals surface area contributed by atoms with Gasteiger partial charge in [-0.2, -0.15) is 11.2 Å². The van der Waals surface area contributed by atoms with Crippen molar-refractivity contribution in [2.45, 2.75) is 20.3 Å². The molecular formula is C12H13N3O2. The van der Waals surface area contributed by atoms with E-state index in [0.29, 0.717) is 17.7 Å². The summed E-state index contributed by atoms with van der Waals surface area (Å²) < 4.78 is 0. The van der Waals surface area contributed by atoms with Gasteiger partial charge in [0.05, 0.1) is 5.69 Å². The number of pyridine rings is 1. The van der Waals surface area contributed by atoms with Crippen LogP contribution in [0.5, 0.6) is 0 Å². The number of rotatable bonds is 3. The van der Waals surface area contributed by atoms with Crippen molar-refractivity contribution in [1.82, 2.24) is 4.98 Å². The lowest BCUT2D eigenvalue weighted by Crippen LogP contribution is -2.13. The normalized spacial score (nSPS) is 11.4. The second kappa shape index (κ2) is 5.77. The van der Waals surface area contributed by atoms with Crippen molar-refractivity contribution in [3.8, 4) is 6.07 Å². The molecule has 1 rings (SSSR count). The Morgan fingerprint density at radius 1 is 1.59 bits per heavy atom. The Morgan fingerprint density at radius 3 is 2.76 bits per heavy atom. The maximum absolute atomic E-state index is 11.3. The maximum Gasteiger partial charge on any atom is 0.367 e. The number of carbonyl (C=O) groups is 1. The summed E-state index contributed by atoms with van der Waals surface area (Å²) in [6.07, 6.45) is 0.494. The van der Waals surface area contributed by atoms with Crippen LogP contribution in [0.1, 0.15) is 24.7 Å². The number of aryl methyl sites for hydroxylation is 1. The van der Waals surface area contributed by atoms with Crippen molar-refractivity contribution in [1.29, 1.82) is 5.26 Å². The fraction of sp³-hybridized carbons (Fsp3) is 0.250. The molecule has 17 heavy (non-hydrogen) atoms. The predicted molar refractivity (Wildman–Crippen MR) is 62.1 cm³/mol. The minimum Gasteiger partial charge on any atom is -0.369 e. The third-order valence-electron chi connectivity index (χ3n) is 2.28. The summed E-state index contributed by atoms with van der Waals surface area (Å²) in [5, 5.41) is 8.97. The van der Waals surface area contributed by atoms with Gasteiger partial charge < -0.3 is 4.84 Å². The number of allylic oxidation sites excluding steroid dienone is 1. The minimum absolute atomic E-state index is 0.104. The predicted octanol–water partition coefficient (Wildman–Crippen LogP) is 1.49. The van der Waals surface area contributed by atoms with Crippen LogP contribution in [0.3, 0.4) is 0 Å². The van der Waals surface area contributed by atoms with Gasteiger partial charge in [0.1, 0.15) is 11.6 Å². The minimum atomic E-state index is -0.840. The molecule has 5 nitrogen and oxygen atoms in total. The Morgan fingerprint density at radius 2 is 2.29 bits per heavy atom. The van der Waals surface area contributed by atoms with Crippen molar-refractivity contribution >= 4 is 11.5 Å². The molecule has 88 valence electrons. The highest BCUT2D eigenvalue weighted by atomic mass is 16.7.